The number of aliphatic hydroxyl groups is 1. The van der Waals surface area contributed by atoms with Crippen molar-refractivity contribution in [2.45, 2.75) is 32.4 Å². The Bertz CT molecular complexity index is 398. The molecule has 18 heavy (non-hydrogen) atoms. The van der Waals surface area contributed by atoms with Gasteiger partial charge >= 0.3 is 6.09 Å². The molecule has 0 aliphatic carbocycles. The number of carbonyl (C=O) groups excluding carboxylic acids is 1. The highest BCUT2D eigenvalue weighted by Crippen LogP contribution is 2.20. The molecule has 4 nitrogen and oxygen atoms in total. The second-order valence-electron chi connectivity index (χ2n) is 5.00. The van der Waals surface area contributed by atoms with Crippen molar-refractivity contribution >= 4 is 22.0 Å². The van der Waals surface area contributed by atoms with Crippen LogP contribution in [0.1, 0.15) is 32.4 Å². The summed E-state index contributed by atoms with van der Waals surface area (Å²) in [4.78, 5) is 11.6. The van der Waals surface area contributed by atoms with Crippen molar-refractivity contribution in [2.75, 3.05) is 6.61 Å². The molecule has 1 aromatic carbocycles. The number of nitrogens with one attached hydrogen (secondary N) is 1. The van der Waals surface area contributed by atoms with E-state index in [0.717, 1.165) is 10.0 Å². The molecule has 100 valence electrons. The molecule has 1 rings (SSSR count). The second kappa shape index (κ2) is 6.20. The van der Waals surface area contributed by atoms with Crippen LogP contribution in [0.5, 0.6) is 0 Å². The van der Waals surface area contributed by atoms with Crippen LogP contribution in [0.15, 0.2) is 28.7 Å². The van der Waals surface area contributed by atoms with E-state index in [1.165, 1.54) is 0 Å². The Morgan fingerprint density at radius 2 is 1.94 bits per heavy atom. The lowest BCUT2D eigenvalue weighted by atomic mass is 10.1. The molecule has 1 atom stereocenters. The van der Waals surface area contributed by atoms with Crippen LogP contribution < -0.4 is 5.32 Å². The SMILES string of the molecule is CC(C)(C)NC(=O)O[C@@H](CO)c1ccc(Br)cc1. The van der Waals surface area contributed by atoms with Gasteiger partial charge in [-0.1, -0.05) is 28.1 Å². The fourth-order valence-corrected chi connectivity index (χ4v) is 1.62. The number of halogens is 1. The Hall–Kier alpha value is -1.07. The van der Waals surface area contributed by atoms with Crippen LogP contribution in [0, 0.1) is 0 Å². The number of benzene rings is 1. The van der Waals surface area contributed by atoms with Crippen LogP contribution in [0.4, 0.5) is 4.79 Å². The van der Waals surface area contributed by atoms with Gasteiger partial charge in [0.05, 0.1) is 6.61 Å². The van der Waals surface area contributed by atoms with Gasteiger partial charge in [0.15, 0.2) is 6.10 Å². The van der Waals surface area contributed by atoms with Crippen LogP contribution in [0.2, 0.25) is 0 Å². The number of carbonyl (C=O) groups is 1. The smallest absolute Gasteiger partial charge is 0.408 e. The predicted molar refractivity (Wildman–Crippen MR) is 73.3 cm³/mol. The molecule has 0 aliphatic heterocycles. The van der Waals surface area contributed by atoms with Gasteiger partial charge in [0.1, 0.15) is 0 Å². The molecule has 0 bridgehead atoms. The van der Waals surface area contributed by atoms with Gasteiger partial charge in [-0.2, -0.15) is 0 Å². The van der Waals surface area contributed by atoms with Crippen LogP contribution >= 0.6 is 15.9 Å². The third-order valence-corrected chi connectivity index (χ3v) is 2.66. The number of hydrogen-bond acceptors (Lipinski definition) is 3. The summed E-state index contributed by atoms with van der Waals surface area (Å²) in [7, 11) is 0. The average Bonchev–Trinajstić information content (AvgIpc) is 2.25. The maximum atomic E-state index is 11.6. The number of alkyl carbamates (subject to hydrolysis) is 1. The van der Waals surface area contributed by atoms with Crippen molar-refractivity contribution < 1.29 is 14.6 Å². The number of hydrogen-bond donors (Lipinski definition) is 2. The highest BCUT2D eigenvalue weighted by Gasteiger charge is 2.19. The quantitative estimate of drug-likeness (QED) is 0.901. The standard InChI is InChI=1S/C13H18BrNO3/c1-13(2,3)15-12(17)18-11(8-16)9-4-6-10(14)7-5-9/h4-7,11,16H,8H2,1-3H3,(H,15,17)/t11-/m0/s1. The van der Waals surface area contributed by atoms with E-state index >= 15 is 0 Å². The molecule has 0 saturated carbocycles. The molecule has 0 spiro atoms. The lowest BCUT2D eigenvalue weighted by Crippen LogP contribution is -2.41. The number of amides is 1. The summed E-state index contributed by atoms with van der Waals surface area (Å²) in [5.41, 5.74) is 0.390. The van der Waals surface area contributed by atoms with E-state index in [0.29, 0.717) is 0 Å². The van der Waals surface area contributed by atoms with Gasteiger partial charge in [-0.3, -0.25) is 0 Å². The van der Waals surface area contributed by atoms with E-state index in [1.54, 1.807) is 12.1 Å². The summed E-state index contributed by atoms with van der Waals surface area (Å²) < 4.78 is 6.12. The Labute approximate surface area is 115 Å². The Morgan fingerprint density at radius 3 is 2.39 bits per heavy atom. The van der Waals surface area contributed by atoms with E-state index in [-0.39, 0.29) is 12.1 Å². The second-order valence-corrected chi connectivity index (χ2v) is 5.92. The Balaban J connectivity index is 2.68. The van der Waals surface area contributed by atoms with E-state index < -0.39 is 12.2 Å². The van der Waals surface area contributed by atoms with E-state index in [4.69, 9.17) is 4.74 Å². The first-order valence-corrected chi connectivity index (χ1v) is 6.46. The van der Waals surface area contributed by atoms with Crippen molar-refractivity contribution in [1.82, 2.24) is 5.32 Å². The van der Waals surface area contributed by atoms with Crippen molar-refractivity contribution in [3.63, 3.8) is 0 Å². The zero-order chi connectivity index (χ0) is 13.8. The zero-order valence-corrected chi connectivity index (χ0v) is 12.3. The minimum atomic E-state index is -0.652. The molecule has 0 fully saturated rings. The van der Waals surface area contributed by atoms with E-state index in [9.17, 15) is 9.90 Å². The molecule has 0 heterocycles. The molecule has 2 N–H and O–H groups in total. The lowest BCUT2D eigenvalue weighted by molar-refractivity contribution is 0.0530. The molecule has 0 aromatic heterocycles. The van der Waals surface area contributed by atoms with Gasteiger partial charge in [0, 0.05) is 10.0 Å². The molecule has 1 aromatic rings. The first kappa shape index (κ1) is 15.0. The van der Waals surface area contributed by atoms with E-state index in [1.807, 2.05) is 32.9 Å². The highest BCUT2D eigenvalue weighted by molar-refractivity contribution is 9.10. The van der Waals surface area contributed by atoms with Crippen LogP contribution in [0.3, 0.4) is 0 Å². The summed E-state index contributed by atoms with van der Waals surface area (Å²) in [6.07, 6.45) is -1.19. The summed E-state index contributed by atoms with van der Waals surface area (Å²) in [5, 5.41) is 12.0. The zero-order valence-electron chi connectivity index (χ0n) is 10.7. The van der Waals surface area contributed by atoms with Crippen molar-refractivity contribution in [1.29, 1.82) is 0 Å². The van der Waals surface area contributed by atoms with E-state index in [2.05, 4.69) is 21.2 Å². The third-order valence-electron chi connectivity index (χ3n) is 2.13. The highest BCUT2D eigenvalue weighted by atomic mass is 79.9. The molecule has 1 amide bonds. The first-order chi connectivity index (χ1) is 8.31. The minimum Gasteiger partial charge on any atom is -0.439 e. The van der Waals surface area contributed by atoms with Crippen LogP contribution in [0.25, 0.3) is 0 Å². The topological polar surface area (TPSA) is 58.6 Å². The van der Waals surface area contributed by atoms with Crippen LogP contribution in [-0.4, -0.2) is 23.3 Å². The number of rotatable bonds is 3. The largest absolute Gasteiger partial charge is 0.439 e. The molecule has 0 aliphatic rings. The van der Waals surface area contributed by atoms with Gasteiger partial charge in [-0.15, -0.1) is 0 Å². The van der Waals surface area contributed by atoms with Gasteiger partial charge in [-0.25, -0.2) is 4.79 Å². The fourth-order valence-electron chi connectivity index (χ4n) is 1.35. The summed E-state index contributed by atoms with van der Waals surface area (Å²) >= 11 is 3.32. The van der Waals surface area contributed by atoms with Gasteiger partial charge < -0.3 is 15.2 Å². The normalized spacial score (nSPS) is 12.9. The molecule has 0 radical (unpaired) electrons. The van der Waals surface area contributed by atoms with Crippen molar-refractivity contribution in [3.05, 3.63) is 34.3 Å². The molecular weight excluding hydrogens is 298 g/mol. The Kier molecular flexibility index (Phi) is 5.16. The monoisotopic (exact) mass is 315 g/mol. The van der Waals surface area contributed by atoms with Crippen molar-refractivity contribution in [3.8, 4) is 0 Å². The number of aliphatic hydroxyl groups excluding tert-OH is 1. The minimum absolute atomic E-state index is 0.251. The Morgan fingerprint density at radius 1 is 1.39 bits per heavy atom. The summed E-state index contributed by atoms with van der Waals surface area (Å²) in [5.74, 6) is 0. The van der Waals surface area contributed by atoms with Gasteiger partial charge in [0.2, 0.25) is 0 Å². The van der Waals surface area contributed by atoms with Crippen molar-refractivity contribution in [2.24, 2.45) is 0 Å². The lowest BCUT2D eigenvalue weighted by Gasteiger charge is -2.23. The molecular formula is C13H18BrNO3. The molecule has 5 heteroatoms. The summed E-state index contributed by atoms with van der Waals surface area (Å²) in [6.45, 7) is 5.34. The maximum Gasteiger partial charge on any atom is 0.408 e. The number of ether oxygens (including phenoxy) is 1. The maximum absolute atomic E-state index is 11.6. The predicted octanol–water partition coefficient (Wildman–Crippen LogP) is 3.01. The van der Waals surface area contributed by atoms with Gasteiger partial charge in [-0.05, 0) is 38.5 Å². The molecule has 0 unspecified atom stereocenters. The third kappa shape index (κ3) is 5.06. The first-order valence-electron chi connectivity index (χ1n) is 5.67. The average molecular weight is 316 g/mol. The summed E-state index contributed by atoms with van der Waals surface area (Å²) in [6, 6.07) is 7.27. The fraction of sp³-hybridized carbons (Fsp3) is 0.462. The van der Waals surface area contributed by atoms with Gasteiger partial charge in [0.25, 0.3) is 0 Å². The van der Waals surface area contributed by atoms with Crippen LogP contribution in [-0.2, 0) is 4.74 Å². The molecule has 0 saturated heterocycles.